The van der Waals surface area contributed by atoms with E-state index in [1.807, 2.05) is 6.92 Å². The number of anilines is 1. The molecule has 2 rings (SSSR count). The Morgan fingerprint density at radius 3 is 2.61 bits per heavy atom. The average molecular weight is 320 g/mol. The standard InChI is InChI=1S/C16H20N2O5/c1-3-23-12-6-4-11(5-7-12)17-14-13(16(21)22-2)10-18(8-9-19)15(14)20/h4-7,17,19H,3,8-10H2,1-2H3. The van der Waals surface area contributed by atoms with Gasteiger partial charge < -0.3 is 24.8 Å². The lowest BCUT2D eigenvalue weighted by Crippen LogP contribution is -2.31. The van der Waals surface area contributed by atoms with Gasteiger partial charge in [-0.15, -0.1) is 0 Å². The van der Waals surface area contributed by atoms with Crippen molar-refractivity contribution in [3.63, 3.8) is 0 Å². The second kappa shape index (κ2) is 7.64. The molecule has 124 valence electrons. The molecule has 0 saturated carbocycles. The van der Waals surface area contributed by atoms with Gasteiger partial charge in [-0.05, 0) is 31.2 Å². The minimum absolute atomic E-state index is 0.116. The lowest BCUT2D eigenvalue weighted by atomic mass is 10.2. The van der Waals surface area contributed by atoms with Crippen LogP contribution in [0.2, 0.25) is 0 Å². The predicted molar refractivity (Wildman–Crippen MR) is 83.9 cm³/mol. The van der Waals surface area contributed by atoms with Crippen LogP contribution in [0.15, 0.2) is 35.5 Å². The third kappa shape index (κ3) is 3.81. The van der Waals surface area contributed by atoms with Gasteiger partial charge in [-0.1, -0.05) is 0 Å². The van der Waals surface area contributed by atoms with Crippen molar-refractivity contribution >= 4 is 17.6 Å². The van der Waals surface area contributed by atoms with E-state index in [0.717, 1.165) is 5.75 Å². The lowest BCUT2D eigenvalue weighted by molar-refractivity contribution is -0.136. The Hall–Kier alpha value is -2.54. The Labute approximate surface area is 134 Å². The summed E-state index contributed by atoms with van der Waals surface area (Å²) >= 11 is 0. The summed E-state index contributed by atoms with van der Waals surface area (Å²) < 4.78 is 10.1. The number of nitrogens with zero attached hydrogens (tertiary/aromatic N) is 1. The normalized spacial score (nSPS) is 14.2. The van der Waals surface area contributed by atoms with Crippen LogP contribution in [-0.2, 0) is 14.3 Å². The average Bonchev–Trinajstić information content (AvgIpc) is 2.86. The Morgan fingerprint density at radius 1 is 1.35 bits per heavy atom. The highest BCUT2D eigenvalue weighted by Gasteiger charge is 2.34. The van der Waals surface area contributed by atoms with E-state index in [0.29, 0.717) is 12.3 Å². The summed E-state index contributed by atoms with van der Waals surface area (Å²) in [7, 11) is 1.27. The molecule has 0 spiro atoms. The number of esters is 1. The second-order valence-corrected chi connectivity index (χ2v) is 4.88. The van der Waals surface area contributed by atoms with Crippen LogP contribution in [0.4, 0.5) is 5.69 Å². The van der Waals surface area contributed by atoms with Gasteiger partial charge in [0.1, 0.15) is 11.4 Å². The number of amides is 1. The molecule has 0 radical (unpaired) electrons. The molecule has 1 amide bonds. The van der Waals surface area contributed by atoms with Crippen molar-refractivity contribution in [3.05, 3.63) is 35.5 Å². The molecular formula is C16H20N2O5. The van der Waals surface area contributed by atoms with Crippen LogP contribution in [-0.4, -0.2) is 55.3 Å². The Kier molecular flexibility index (Phi) is 5.59. The summed E-state index contributed by atoms with van der Waals surface area (Å²) in [5, 5.41) is 12.0. The number of aliphatic hydroxyl groups excluding tert-OH is 1. The molecule has 23 heavy (non-hydrogen) atoms. The molecule has 0 atom stereocenters. The fourth-order valence-electron chi connectivity index (χ4n) is 2.29. The first-order valence-electron chi connectivity index (χ1n) is 7.32. The molecule has 7 nitrogen and oxygen atoms in total. The van der Waals surface area contributed by atoms with E-state index >= 15 is 0 Å². The maximum Gasteiger partial charge on any atom is 0.337 e. The SMILES string of the molecule is CCOc1ccc(NC2=C(C(=O)OC)CN(CCO)C2=O)cc1. The minimum atomic E-state index is -0.563. The fourth-order valence-corrected chi connectivity index (χ4v) is 2.29. The predicted octanol–water partition coefficient (Wildman–Crippen LogP) is 0.759. The van der Waals surface area contributed by atoms with Crippen LogP contribution >= 0.6 is 0 Å². The van der Waals surface area contributed by atoms with Crippen LogP contribution in [0, 0.1) is 0 Å². The number of rotatable bonds is 7. The van der Waals surface area contributed by atoms with Crippen LogP contribution in [0.1, 0.15) is 6.92 Å². The number of benzene rings is 1. The molecule has 1 heterocycles. The van der Waals surface area contributed by atoms with E-state index in [9.17, 15) is 9.59 Å². The summed E-state index contributed by atoms with van der Waals surface area (Å²) in [6.07, 6.45) is 0. The molecule has 0 unspecified atom stereocenters. The van der Waals surface area contributed by atoms with E-state index in [-0.39, 0.29) is 36.9 Å². The van der Waals surface area contributed by atoms with Gasteiger partial charge in [0.25, 0.3) is 5.91 Å². The fraction of sp³-hybridized carbons (Fsp3) is 0.375. The van der Waals surface area contributed by atoms with Gasteiger partial charge in [0.2, 0.25) is 0 Å². The number of aliphatic hydroxyl groups is 1. The zero-order chi connectivity index (χ0) is 16.8. The molecule has 7 heteroatoms. The van der Waals surface area contributed by atoms with Crippen molar-refractivity contribution in [1.29, 1.82) is 0 Å². The minimum Gasteiger partial charge on any atom is -0.494 e. The van der Waals surface area contributed by atoms with Crippen LogP contribution in [0.5, 0.6) is 5.75 Å². The maximum absolute atomic E-state index is 12.4. The highest BCUT2D eigenvalue weighted by atomic mass is 16.5. The van der Waals surface area contributed by atoms with E-state index in [1.165, 1.54) is 12.0 Å². The van der Waals surface area contributed by atoms with Crippen molar-refractivity contribution in [1.82, 2.24) is 4.90 Å². The van der Waals surface area contributed by atoms with E-state index in [4.69, 9.17) is 14.6 Å². The van der Waals surface area contributed by atoms with Gasteiger partial charge in [-0.3, -0.25) is 4.79 Å². The molecule has 0 aliphatic carbocycles. The Bertz CT molecular complexity index is 609. The van der Waals surface area contributed by atoms with E-state index in [1.54, 1.807) is 24.3 Å². The summed E-state index contributed by atoms with van der Waals surface area (Å²) in [6, 6.07) is 7.06. The number of hydrogen-bond acceptors (Lipinski definition) is 6. The van der Waals surface area contributed by atoms with Crippen molar-refractivity contribution in [2.75, 3.05) is 38.7 Å². The number of carbonyl (C=O) groups excluding carboxylic acids is 2. The molecule has 0 aromatic heterocycles. The smallest absolute Gasteiger partial charge is 0.337 e. The zero-order valence-electron chi connectivity index (χ0n) is 13.2. The summed E-state index contributed by atoms with van der Waals surface area (Å²) in [6.45, 7) is 2.57. The van der Waals surface area contributed by atoms with Gasteiger partial charge in [-0.2, -0.15) is 0 Å². The second-order valence-electron chi connectivity index (χ2n) is 4.88. The van der Waals surface area contributed by atoms with Gasteiger partial charge in [0.05, 0.1) is 32.4 Å². The quantitative estimate of drug-likeness (QED) is 0.721. The van der Waals surface area contributed by atoms with Gasteiger partial charge in [-0.25, -0.2) is 4.79 Å². The third-order valence-corrected chi connectivity index (χ3v) is 3.39. The molecule has 1 aliphatic rings. The summed E-state index contributed by atoms with van der Waals surface area (Å²) in [5.41, 5.74) is 1.08. The zero-order valence-corrected chi connectivity index (χ0v) is 13.2. The molecule has 1 aromatic rings. The highest BCUT2D eigenvalue weighted by Crippen LogP contribution is 2.24. The molecule has 1 aromatic carbocycles. The van der Waals surface area contributed by atoms with Crippen LogP contribution in [0.3, 0.4) is 0 Å². The summed E-state index contributed by atoms with van der Waals surface area (Å²) in [4.78, 5) is 25.6. The number of β-amino-alcohol motifs (C(OH)–C–C–N with tert-alkyl or cyclic N) is 1. The van der Waals surface area contributed by atoms with Gasteiger partial charge in [0.15, 0.2) is 0 Å². The lowest BCUT2D eigenvalue weighted by Gasteiger charge is -2.15. The van der Waals surface area contributed by atoms with Crippen molar-refractivity contribution in [2.24, 2.45) is 0 Å². The Morgan fingerprint density at radius 2 is 2.04 bits per heavy atom. The maximum atomic E-state index is 12.4. The van der Waals surface area contributed by atoms with E-state index < -0.39 is 5.97 Å². The molecule has 0 bridgehead atoms. The van der Waals surface area contributed by atoms with Crippen molar-refractivity contribution in [3.8, 4) is 5.75 Å². The molecular weight excluding hydrogens is 300 g/mol. The Balaban J connectivity index is 2.22. The number of ether oxygens (including phenoxy) is 2. The van der Waals surface area contributed by atoms with Crippen LogP contribution < -0.4 is 10.1 Å². The topological polar surface area (TPSA) is 88.1 Å². The molecule has 0 fully saturated rings. The van der Waals surface area contributed by atoms with Crippen molar-refractivity contribution in [2.45, 2.75) is 6.92 Å². The number of carbonyl (C=O) groups is 2. The summed E-state index contributed by atoms with van der Waals surface area (Å²) in [5.74, 6) is -0.180. The monoisotopic (exact) mass is 320 g/mol. The molecule has 2 N–H and O–H groups in total. The number of hydrogen-bond donors (Lipinski definition) is 2. The van der Waals surface area contributed by atoms with Gasteiger partial charge >= 0.3 is 5.97 Å². The number of methoxy groups -OCH3 is 1. The highest BCUT2D eigenvalue weighted by molar-refractivity contribution is 6.08. The number of nitrogens with one attached hydrogen (secondary N) is 1. The third-order valence-electron chi connectivity index (χ3n) is 3.39. The first kappa shape index (κ1) is 16.8. The van der Waals surface area contributed by atoms with Crippen molar-refractivity contribution < 1.29 is 24.2 Å². The molecule has 1 aliphatic heterocycles. The van der Waals surface area contributed by atoms with E-state index in [2.05, 4.69) is 5.32 Å². The largest absolute Gasteiger partial charge is 0.494 e. The molecule has 0 saturated heterocycles. The van der Waals surface area contributed by atoms with Gasteiger partial charge in [0, 0.05) is 12.2 Å². The van der Waals surface area contributed by atoms with Crippen LogP contribution in [0.25, 0.3) is 0 Å². The first-order valence-corrected chi connectivity index (χ1v) is 7.32. The first-order chi connectivity index (χ1) is 11.1.